The molecule has 1 atom stereocenters. The van der Waals surface area contributed by atoms with Crippen LogP contribution in [0.2, 0.25) is 0 Å². The first-order chi connectivity index (χ1) is 16.9. The molecule has 0 aliphatic heterocycles. The minimum Gasteiger partial charge on any atom is -0.459 e. The molecule has 1 unspecified atom stereocenters. The number of carbonyl (C=O) groups is 4. The summed E-state index contributed by atoms with van der Waals surface area (Å²) in [6.45, 7) is 1.12. The van der Waals surface area contributed by atoms with Crippen molar-refractivity contribution < 1.29 is 23.6 Å². The summed E-state index contributed by atoms with van der Waals surface area (Å²) in [6, 6.07) is 12.4. The average molecular weight is 494 g/mol. The van der Waals surface area contributed by atoms with Crippen LogP contribution < -0.4 is 15.5 Å². The van der Waals surface area contributed by atoms with E-state index >= 15 is 0 Å². The van der Waals surface area contributed by atoms with Gasteiger partial charge in [0.15, 0.2) is 11.5 Å². The van der Waals surface area contributed by atoms with Gasteiger partial charge < -0.3 is 15.1 Å². The lowest BCUT2D eigenvalue weighted by atomic mass is 10.1. The van der Waals surface area contributed by atoms with Crippen molar-refractivity contribution >= 4 is 40.5 Å². The van der Waals surface area contributed by atoms with Gasteiger partial charge in [-0.15, -0.1) is 11.3 Å². The van der Waals surface area contributed by atoms with Crippen molar-refractivity contribution in [3.8, 4) is 0 Å². The molecule has 1 aliphatic rings. The maximum absolute atomic E-state index is 13.6. The van der Waals surface area contributed by atoms with Gasteiger partial charge in [0, 0.05) is 22.2 Å². The number of hydrogen-bond acceptors (Lipinski definition) is 6. The molecule has 9 heteroatoms. The Labute approximate surface area is 207 Å². The van der Waals surface area contributed by atoms with Gasteiger partial charge in [0.2, 0.25) is 11.8 Å². The highest BCUT2D eigenvalue weighted by atomic mass is 32.1. The number of benzene rings is 1. The zero-order chi connectivity index (χ0) is 24.8. The minimum atomic E-state index is -0.924. The number of hydrogen-bond donors (Lipinski definition) is 2. The molecule has 0 radical (unpaired) electrons. The molecule has 2 heterocycles. The zero-order valence-corrected chi connectivity index (χ0v) is 20.2. The number of nitrogens with zero attached hydrogens (tertiary/aromatic N) is 1. The summed E-state index contributed by atoms with van der Waals surface area (Å²) >= 11 is 1.38. The lowest BCUT2D eigenvalue weighted by Crippen LogP contribution is -2.49. The highest BCUT2D eigenvalue weighted by Crippen LogP contribution is 2.32. The van der Waals surface area contributed by atoms with Gasteiger partial charge in [0.1, 0.15) is 6.04 Å². The summed E-state index contributed by atoms with van der Waals surface area (Å²) in [4.78, 5) is 53.3. The molecular weight excluding hydrogens is 466 g/mol. The number of anilines is 1. The van der Waals surface area contributed by atoms with Crippen LogP contribution in [0, 0.1) is 0 Å². The summed E-state index contributed by atoms with van der Waals surface area (Å²) in [7, 11) is 0. The number of furan rings is 1. The number of ketones is 1. The van der Waals surface area contributed by atoms with Crippen molar-refractivity contribution in [3.05, 3.63) is 76.4 Å². The Morgan fingerprint density at radius 3 is 2.40 bits per heavy atom. The standard InChI is InChI=1S/C26H27N3O5S/c1-17(30)18-10-12-20(13-11-18)29(23(31)16-27-25(32)21-8-4-14-34-21)24(22-9-5-15-35-22)26(33)28-19-6-2-3-7-19/h4-5,8-15,19,24H,2-3,6-7,16H2,1H3,(H,27,32)(H,28,33). The van der Waals surface area contributed by atoms with Crippen LogP contribution in [0.5, 0.6) is 0 Å². The van der Waals surface area contributed by atoms with Crippen molar-refractivity contribution in [3.63, 3.8) is 0 Å². The minimum absolute atomic E-state index is 0.0701. The molecular formula is C26H27N3O5S. The summed E-state index contributed by atoms with van der Waals surface area (Å²) in [5, 5.41) is 7.53. The van der Waals surface area contributed by atoms with Crippen molar-refractivity contribution in [2.75, 3.05) is 11.4 Å². The fourth-order valence-corrected chi connectivity index (χ4v) is 5.01. The Kier molecular flexibility index (Phi) is 7.77. The quantitative estimate of drug-likeness (QED) is 0.436. The van der Waals surface area contributed by atoms with Crippen LogP contribution in [0.1, 0.15) is 64.4 Å². The first-order valence-electron chi connectivity index (χ1n) is 11.5. The third-order valence-electron chi connectivity index (χ3n) is 5.99. The molecule has 1 fully saturated rings. The molecule has 0 spiro atoms. The van der Waals surface area contributed by atoms with Gasteiger partial charge in [-0.05, 0) is 67.6 Å². The molecule has 1 saturated carbocycles. The van der Waals surface area contributed by atoms with E-state index in [0.29, 0.717) is 16.1 Å². The van der Waals surface area contributed by atoms with E-state index < -0.39 is 17.9 Å². The van der Waals surface area contributed by atoms with E-state index in [2.05, 4.69) is 10.6 Å². The summed E-state index contributed by atoms with van der Waals surface area (Å²) < 4.78 is 5.10. The fraction of sp³-hybridized carbons (Fsp3) is 0.308. The van der Waals surface area contributed by atoms with E-state index in [9.17, 15) is 19.2 Å². The SMILES string of the molecule is CC(=O)c1ccc(N(C(=O)CNC(=O)c2ccco2)C(C(=O)NC2CCCC2)c2cccs2)cc1. The smallest absolute Gasteiger partial charge is 0.287 e. The number of amides is 3. The fourth-order valence-electron chi connectivity index (χ4n) is 4.20. The van der Waals surface area contributed by atoms with Gasteiger partial charge in [-0.1, -0.05) is 18.9 Å². The topological polar surface area (TPSA) is 109 Å². The number of carbonyl (C=O) groups excluding carboxylic acids is 4. The lowest BCUT2D eigenvalue weighted by Gasteiger charge is -2.31. The largest absolute Gasteiger partial charge is 0.459 e. The van der Waals surface area contributed by atoms with Gasteiger partial charge in [0.05, 0.1) is 12.8 Å². The molecule has 35 heavy (non-hydrogen) atoms. The van der Waals surface area contributed by atoms with Crippen LogP contribution in [-0.4, -0.2) is 36.1 Å². The van der Waals surface area contributed by atoms with E-state index in [1.54, 1.807) is 30.3 Å². The second-order valence-electron chi connectivity index (χ2n) is 8.43. The Hall–Kier alpha value is -3.72. The average Bonchev–Trinajstić information content (AvgIpc) is 3.64. The maximum Gasteiger partial charge on any atom is 0.287 e. The summed E-state index contributed by atoms with van der Waals surface area (Å²) in [5.41, 5.74) is 0.947. The van der Waals surface area contributed by atoms with E-state index in [1.807, 2.05) is 17.5 Å². The number of nitrogens with one attached hydrogen (secondary N) is 2. The highest BCUT2D eigenvalue weighted by molar-refractivity contribution is 7.10. The predicted octanol–water partition coefficient (Wildman–Crippen LogP) is 4.11. The Bertz CT molecular complexity index is 1170. The number of thiophene rings is 1. The van der Waals surface area contributed by atoms with Crippen LogP contribution in [-0.2, 0) is 9.59 Å². The zero-order valence-electron chi connectivity index (χ0n) is 19.4. The molecule has 3 aromatic rings. The molecule has 0 bridgehead atoms. The third kappa shape index (κ3) is 5.86. The van der Waals surface area contributed by atoms with E-state index in [-0.39, 0.29) is 30.0 Å². The summed E-state index contributed by atoms with van der Waals surface area (Å²) in [6.07, 6.45) is 5.30. The van der Waals surface area contributed by atoms with Crippen molar-refractivity contribution in [2.24, 2.45) is 0 Å². The van der Waals surface area contributed by atoms with Crippen molar-refractivity contribution in [1.29, 1.82) is 0 Å². The van der Waals surface area contributed by atoms with E-state index in [1.165, 1.54) is 35.5 Å². The van der Waals surface area contributed by atoms with Gasteiger partial charge in [0.25, 0.3) is 5.91 Å². The molecule has 1 aromatic carbocycles. The first kappa shape index (κ1) is 24.4. The molecule has 8 nitrogen and oxygen atoms in total. The molecule has 2 aromatic heterocycles. The molecule has 3 amide bonds. The molecule has 182 valence electrons. The van der Waals surface area contributed by atoms with Crippen molar-refractivity contribution in [2.45, 2.75) is 44.7 Å². The van der Waals surface area contributed by atoms with Crippen LogP contribution in [0.3, 0.4) is 0 Å². The second-order valence-corrected chi connectivity index (χ2v) is 9.41. The molecule has 1 aliphatic carbocycles. The van der Waals surface area contributed by atoms with Crippen LogP contribution in [0.15, 0.2) is 64.6 Å². The third-order valence-corrected chi connectivity index (χ3v) is 6.91. The number of rotatable bonds is 9. The molecule has 0 saturated heterocycles. The van der Waals surface area contributed by atoms with E-state index in [4.69, 9.17) is 4.42 Å². The normalized spacial score (nSPS) is 14.3. The van der Waals surface area contributed by atoms with Gasteiger partial charge in [-0.25, -0.2) is 0 Å². The lowest BCUT2D eigenvalue weighted by molar-refractivity contribution is -0.126. The van der Waals surface area contributed by atoms with Crippen LogP contribution >= 0.6 is 11.3 Å². The second kappa shape index (κ2) is 11.1. The monoisotopic (exact) mass is 493 g/mol. The maximum atomic E-state index is 13.6. The first-order valence-corrected chi connectivity index (χ1v) is 12.4. The Morgan fingerprint density at radius 1 is 1.06 bits per heavy atom. The molecule has 4 rings (SSSR count). The van der Waals surface area contributed by atoms with Crippen molar-refractivity contribution in [1.82, 2.24) is 10.6 Å². The highest BCUT2D eigenvalue weighted by Gasteiger charge is 2.35. The molecule has 2 N–H and O–H groups in total. The van der Waals surface area contributed by atoms with Gasteiger partial charge in [-0.2, -0.15) is 0 Å². The van der Waals surface area contributed by atoms with Gasteiger partial charge in [-0.3, -0.25) is 24.1 Å². The van der Waals surface area contributed by atoms with Crippen LogP contribution in [0.4, 0.5) is 5.69 Å². The number of Topliss-reactive ketones (excluding diaryl/α,β-unsaturated/α-hetero) is 1. The Balaban J connectivity index is 1.65. The van der Waals surface area contributed by atoms with E-state index in [0.717, 1.165) is 25.7 Å². The summed E-state index contributed by atoms with van der Waals surface area (Å²) in [5.74, 6) is -1.29. The predicted molar refractivity (Wildman–Crippen MR) is 132 cm³/mol. The van der Waals surface area contributed by atoms with Gasteiger partial charge >= 0.3 is 0 Å². The van der Waals surface area contributed by atoms with Crippen LogP contribution in [0.25, 0.3) is 0 Å². The Morgan fingerprint density at radius 2 is 1.80 bits per heavy atom.